The zero-order valence-electron chi connectivity index (χ0n) is 26.9. The molecule has 0 aliphatic rings. The fourth-order valence-corrected chi connectivity index (χ4v) is 8.99. The smallest absolute Gasteiger partial charge is 0.136 e. The molecule has 0 aliphatic carbocycles. The number of hydrogen-bond donors (Lipinski definition) is 0. The van der Waals surface area contributed by atoms with Crippen LogP contribution in [-0.2, 0) is 0 Å². The molecule has 4 heteroatoms. The van der Waals surface area contributed by atoms with Crippen LogP contribution in [0.4, 0.5) is 17.1 Å². The molecule has 11 rings (SSSR count). The van der Waals surface area contributed by atoms with Crippen LogP contribution in [0.2, 0.25) is 0 Å². The van der Waals surface area contributed by atoms with Crippen molar-refractivity contribution in [1.29, 1.82) is 0 Å². The number of para-hydroxylation sites is 3. The van der Waals surface area contributed by atoms with Gasteiger partial charge in [-0.2, -0.15) is 0 Å². The molecule has 0 saturated carbocycles. The van der Waals surface area contributed by atoms with Crippen molar-refractivity contribution in [3.8, 4) is 5.69 Å². The van der Waals surface area contributed by atoms with Crippen LogP contribution < -0.4 is 4.90 Å². The molecule has 3 aromatic heterocycles. The van der Waals surface area contributed by atoms with E-state index in [0.717, 1.165) is 50.1 Å². The lowest BCUT2D eigenvalue weighted by atomic mass is 10.0. The Hall–Kier alpha value is -6.36. The topological polar surface area (TPSA) is 21.3 Å². The van der Waals surface area contributed by atoms with Crippen LogP contribution in [0.15, 0.2) is 174 Å². The average molecular weight is 657 g/mol. The monoisotopic (exact) mass is 656 g/mol. The number of nitrogens with zero attached hydrogens (tertiary/aromatic N) is 2. The van der Waals surface area contributed by atoms with Crippen LogP contribution in [0.5, 0.6) is 0 Å². The van der Waals surface area contributed by atoms with Gasteiger partial charge in [0.25, 0.3) is 0 Å². The summed E-state index contributed by atoms with van der Waals surface area (Å²) in [5, 5.41) is 9.68. The predicted molar refractivity (Wildman–Crippen MR) is 213 cm³/mol. The van der Waals surface area contributed by atoms with Crippen molar-refractivity contribution in [2.75, 3.05) is 4.90 Å². The molecule has 50 heavy (non-hydrogen) atoms. The van der Waals surface area contributed by atoms with Gasteiger partial charge in [-0.15, -0.1) is 11.3 Å². The third-order valence-corrected chi connectivity index (χ3v) is 11.3. The Morgan fingerprint density at radius 3 is 2.00 bits per heavy atom. The van der Waals surface area contributed by atoms with Gasteiger partial charge in [0.2, 0.25) is 0 Å². The lowest BCUT2D eigenvalue weighted by molar-refractivity contribution is 0.669. The Bertz CT molecular complexity index is 3110. The van der Waals surface area contributed by atoms with Crippen molar-refractivity contribution in [2.24, 2.45) is 0 Å². The predicted octanol–water partition coefficient (Wildman–Crippen LogP) is 13.7. The largest absolute Gasteiger partial charge is 0.456 e. The van der Waals surface area contributed by atoms with E-state index in [4.69, 9.17) is 4.42 Å². The van der Waals surface area contributed by atoms with Gasteiger partial charge in [-0.1, -0.05) is 84.9 Å². The highest BCUT2D eigenvalue weighted by Gasteiger charge is 2.19. The van der Waals surface area contributed by atoms with Crippen molar-refractivity contribution < 1.29 is 4.42 Å². The molecular formula is C46H28N2OS. The second-order valence-electron chi connectivity index (χ2n) is 13.0. The Morgan fingerprint density at radius 2 is 1.08 bits per heavy atom. The summed E-state index contributed by atoms with van der Waals surface area (Å²) < 4.78 is 11.3. The number of thiophene rings is 1. The van der Waals surface area contributed by atoms with E-state index in [2.05, 4.69) is 167 Å². The molecule has 0 unspecified atom stereocenters. The number of aromatic nitrogens is 1. The highest BCUT2D eigenvalue weighted by atomic mass is 32.1. The van der Waals surface area contributed by atoms with E-state index in [0.29, 0.717) is 0 Å². The summed E-state index contributed by atoms with van der Waals surface area (Å²) in [5.74, 6) is 0. The van der Waals surface area contributed by atoms with Gasteiger partial charge in [-0.25, -0.2) is 0 Å². The van der Waals surface area contributed by atoms with Gasteiger partial charge in [-0.3, -0.25) is 0 Å². The van der Waals surface area contributed by atoms with Crippen molar-refractivity contribution in [3.63, 3.8) is 0 Å². The summed E-state index contributed by atoms with van der Waals surface area (Å²) >= 11 is 1.85. The zero-order valence-corrected chi connectivity index (χ0v) is 27.7. The van der Waals surface area contributed by atoms with E-state index in [1.165, 1.54) is 47.4 Å². The minimum absolute atomic E-state index is 0.907. The maximum atomic E-state index is 6.32. The quantitative estimate of drug-likeness (QED) is 0.188. The summed E-state index contributed by atoms with van der Waals surface area (Å²) in [6, 6.07) is 61.4. The van der Waals surface area contributed by atoms with Gasteiger partial charge in [-0.05, 0) is 95.7 Å². The van der Waals surface area contributed by atoms with E-state index in [1.54, 1.807) is 0 Å². The summed E-state index contributed by atoms with van der Waals surface area (Å²) in [4.78, 5) is 2.40. The van der Waals surface area contributed by atoms with Crippen molar-refractivity contribution in [2.45, 2.75) is 0 Å². The van der Waals surface area contributed by atoms with Gasteiger partial charge in [0.15, 0.2) is 0 Å². The van der Waals surface area contributed by atoms with Gasteiger partial charge >= 0.3 is 0 Å². The fraction of sp³-hybridized carbons (Fsp3) is 0. The first-order chi connectivity index (χ1) is 24.8. The average Bonchev–Trinajstić information content (AvgIpc) is 3.83. The van der Waals surface area contributed by atoms with E-state index in [9.17, 15) is 0 Å². The number of benzene rings is 8. The molecule has 234 valence electrons. The maximum absolute atomic E-state index is 6.32. The SMILES string of the molecule is c1ccc(-n2c3ccccc3c3cc(N(c4ccc5cc6c(cc5c4)oc4ccccc46)c4ccc5c(c4)sc4ccccc45)ccc32)cc1. The second kappa shape index (κ2) is 10.6. The summed E-state index contributed by atoms with van der Waals surface area (Å²) in [7, 11) is 0. The standard InChI is InChI=1S/C46H28N2OS/c1-2-10-31(11-3-1)48-41-15-7-4-12-35(41)39-27-33(21-23-42(39)48)47(34-20-22-38-37-14-6-9-17-45(37)50-46(38)28-34)32-19-18-29-25-40-36-13-5-8-16-43(36)49-44(40)26-30(29)24-32/h1-28H. The molecule has 0 saturated heterocycles. The molecule has 0 amide bonds. The molecule has 0 fully saturated rings. The van der Waals surface area contributed by atoms with Crippen LogP contribution in [-0.4, -0.2) is 4.57 Å². The highest BCUT2D eigenvalue weighted by molar-refractivity contribution is 7.25. The number of anilines is 3. The molecule has 0 atom stereocenters. The molecule has 0 spiro atoms. The first-order valence-corrected chi connectivity index (χ1v) is 17.7. The van der Waals surface area contributed by atoms with E-state index < -0.39 is 0 Å². The first-order valence-electron chi connectivity index (χ1n) is 16.9. The maximum Gasteiger partial charge on any atom is 0.136 e. The molecular weight excluding hydrogens is 629 g/mol. The first kappa shape index (κ1) is 27.6. The third kappa shape index (κ3) is 4.09. The number of hydrogen-bond acceptors (Lipinski definition) is 3. The third-order valence-electron chi connectivity index (χ3n) is 10.1. The van der Waals surface area contributed by atoms with Gasteiger partial charge in [0, 0.05) is 64.5 Å². The van der Waals surface area contributed by atoms with E-state index in [-0.39, 0.29) is 0 Å². The summed E-state index contributed by atoms with van der Waals surface area (Å²) in [6.45, 7) is 0. The van der Waals surface area contributed by atoms with Crippen LogP contribution >= 0.6 is 11.3 Å². The lowest BCUT2D eigenvalue weighted by Crippen LogP contribution is -2.09. The minimum Gasteiger partial charge on any atom is -0.456 e. The van der Waals surface area contributed by atoms with Crippen molar-refractivity contribution >= 4 is 103 Å². The van der Waals surface area contributed by atoms with Crippen LogP contribution in [0.1, 0.15) is 0 Å². The van der Waals surface area contributed by atoms with Gasteiger partial charge < -0.3 is 13.9 Å². The van der Waals surface area contributed by atoms with Crippen LogP contribution in [0.25, 0.3) is 80.4 Å². The van der Waals surface area contributed by atoms with Crippen molar-refractivity contribution in [1.82, 2.24) is 4.57 Å². The van der Waals surface area contributed by atoms with Gasteiger partial charge in [0.1, 0.15) is 11.2 Å². The molecule has 0 bridgehead atoms. The molecule has 8 aromatic carbocycles. The number of fused-ring (bicyclic) bond motifs is 10. The van der Waals surface area contributed by atoms with Gasteiger partial charge in [0.05, 0.1) is 11.0 Å². The summed E-state index contributed by atoms with van der Waals surface area (Å²) in [6.07, 6.45) is 0. The van der Waals surface area contributed by atoms with Crippen LogP contribution in [0.3, 0.4) is 0 Å². The fourth-order valence-electron chi connectivity index (χ4n) is 7.85. The Kier molecular flexibility index (Phi) is 5.83. The molecule has 3 nitrogen and oxygen atoms in total. The molecule has 0 radical (unpaired) electrons. The molecule has 0 aliphatic heterocycles. The van der Waals surface area contributed by atoms with E-state index >= 15 is 0 Å². The zero-order chi connectivity index (χ0) is 32.8. The van der Waals surface area contributed by atoms with Crippen molar-refractivity contribution in [3.05, 3.63) is 170 Å². The Balaban J connectivity index is 1.15. The Morgan fingerprint density at radius 1 is 0.400 bits per heavy atom. The summed E-state index contributed by atoms with van der Waals surface area (Å²) in [5.41, 5.74) is 8.70. The number of furan rings is 1. The van der Waals surface area contributed by atoms with Crippen LogP contribution in [0, 0.1) is 0 Å². The normalized spacial score (nSPS) is 12.0. The minimum atomic E-state index is 0.907. The van der Waals surface area contributed by atoms with E-state index in [1.807, 2.05) is 23.5 Å². The number of rotatable bonds is 4. The lowest BCUT2D eigenvalue weighted by Gasteiger charge is -2.26. The molecule has 3 heterocycles. The molecule has 0 N–H and O–H groups in total. The second-order valence-corrected chi connectivity index (χ2v) is 14.1. The molecule has 11 aromatic rings. The Labute approximate surface area is 291 Å². The highest BCUT2D eigenvalue weighted by Crippen LogP contribution is 2.44.